The number of nitrogens with zero attached hydrogens (tertiary/aromatic N) is 3. The molecule has 1 aliphatic carbocycles. The molecule has 4 rings (SSSR count). The Labute approximate surface area is 180 Å². The maximum Gasteiger partial charge on any atom is 0.224 e. The van der Waals surface area contributed by atoms with Crippen LogP contribution in [0.25, 0.3) is 0 Å². The smallest absolute Gasteiger partial charge is 0.224 e. The van der Waals surface area contributed by atoms with Crippen LogP contribution in [-0.4, -0.2) is 43.6 Å². The average Bonchev–Trinajstić information content (AvgIpc) is 3.15. The van der Waals surface area contributed by atoms with Crippen molar-refractivity contribution < 1.29 is 18.9 Å². The lowest BCUT2D eigenvalue weighted by Gasteiger charge is -2.10. The second-order valence-electron chi connectivity index (χ2n) is 6.67. The van der Waals surface area contributed by atoms with Crippen LogP contribution in [-0.2, 0) is 9.47 Å². The molecule has 1 aromatic carbocycles. The molecule has 8 nitrogen and oxygen atoms in total. The molecule has 0 radical (unpaired) electrons. The summed E-state index contributed by atoms with van der Waals surface area (Å²) in [5, 5.41) is 8.16. The van der Waals surface area contributed by atoms with Crippen LogP contribution in [0.5, 0.6) is 11.6 Å². The van der Waals surface area contributed by atoms with E-state index in [1.165, 1.54) is 0 Å². The van der Waals surface area contributed by atoms with E-state index in [4.69, 9.17) is 24.7 Å². The first kappa shape index (κ1) is 20.4. The maximum atomic E-state index is 6.14. The molecule has 0 saturated carbocycles. The van der Waals surface area contributed by atoms with Gasteiger partial charge in [0.1, 0.15) is 24.2 Å². The lowest BCUT2D eigenvalue weighted by Crippen LogP contribution is -2.16. The van der Waals surface area contributed by atoms with Crippen molar-refractivity contribution >= 4 is 12.1 Å². The minimum atomic E-state index is -0.149. The number of allylic oxidation sites excluding steroid dienone is 2. The summed E-state index contributed by atoms with van der Waals surface area (Å²) in [6.07, 6.45) is 10.8. The van der Waals surface area contributed by atoms with Crippen LogP contribution in [0.3, 0.4) is 0 Å². The first-order chi connectivity index (χ1) is 15.2. The lowest BCUT2D eigenvalue weighted by atomic mass is 10.2. The van der Waals surface area contributed by atoms with Gasteiger partial charge in [0.2, 0.25) is 5.88 Å². The summed E-state index contributed by atoms with van der Waals surface area (Å²) in [5.74, 6) is 2.07. The van der Waals surface area contributed by atoms with Gasteiger partial charge in [-0.25, -0.2) is 4.98 Å². The van der Waals surface area contributed by atoms with Crippen LogP contribution in [0, 0.1) is 0 Å². The minimum Gasteiger partial charge on any atom is -0.497 e. The van der Waals surface area contributed by atoms with E-state index in [1.54, 1.807) is 31.7 Å². The molecule has 0 amide bonds. The molecule has 1 fully saturated rings. The van der Waals surface area contributed by atoms with E-state index in [1.807, 2.05) is 48.6 Å². The van der Waals surface area contributed by atoms with Crippen LogP contribution >= 0.6 is 0 Å². The molecule has 0 bridgehead atoms. The van der Waals surface area contributed by atoms with Crippen molar-refractivity contribution in [2.45, 2.75) is 6.10 Å². The Hall–Kier alpha value is -3.91. The number of methoxy groups -OCH3 is 1. The maximum absolute atomic E-state index is 6.14. The molecule has 1 saturated heterocycles. The fourth-order valence-electron chi connectivity index (χ4n) is 3.00. The summed E-state index contributed by atoms with van der Waals surface area (Å²) in [6.45, 7) is 0.539. The molecule has 1 aromatic heterocycles. The van der Waals surface area contributed by atoms with Gasteiger partial charge in [0.05, 0.1) is 18.9 Å². The Kier molecular flexibility index (Phi) is 6.39. The average molecular weight is 418 g/mol. The standard InChI is InChI=1S/C23H22N4O4/c1-28-18-7-2-5-16(11-18)13-26-27-22(24)19-8-4-10-25-23(19)29-14-17-6-3-9-20-21(12-17)31-15-30-20/h2-13,20H,14-15H2,1H3,(H2,24,27)/b26-13+. The van der Waals surface area contributed by atoms with Crippen molar-refractivity contribution in [1.29, 1.82) is 0 Å². The van der Waals surface area contributed by atoms with Gasteiger partial charge in [-0.1, -0.05) is 24.3 Å². The van der Waals surface area contributed by atoms with Gasteiger partial charge in [0, 0.05) is 6.20 Å². The number of amidine groups is 1. The molecule has 31 heavy (non-hydrogen) atoms. The molecule has 1 atom stereocenters. The third-order valence-electron chi connectivity index (χ3n) is 4.57. The van der Waals surface area contributed by atoms with Crippen molar-refractivity contribution in [3.8, 4) is 11.6 Å². The predicted molar refractivity (Wildman–Crippen MR) is 117 cm³/mol. The molecule has 2 heterocycles. The SMILES string of the molecule is COc1cccc(/C=N/N=C(\N)c2cccnc2OCC2=CC=CC3OCOC3=C2)c1. The number of pyridine rings is 1. The molecule has 1 unspecified atom stereocenters. The van der Waals surface area contributed by atoms with Crippen LogP contribution in [0.1, 0.15) is 11.1 Å². The monoisotopic (exact) mass is 418 g/mol. The van der Waals surface area contributed by atoms with Gasteiger partial charge in [-0.15, -0.1) is 5.10 Å². The zero-order chi connectivity index (χ0) is 21.5. The van der Waals surface area contributed by atoms with Crippen molar-refractivity contribution in [1.82, 2.24) is 4.98 Å². The van der Waals surface area contributed by atoms with E-state index in [0.29, 0.717) is 11.4 Å². The molecule has 8 heteroatoms. The molecule has 158 valence electrons. The highest BCUT2D eigenvalue weighted by Gasteiger charge is 2.22. The van der Waals surface area contributed by atoms with Gasteiger partial charge in [-0.05, 0) is 47.6 Å². The summed E-state index contributed by atoms with van der Waals surface area (Å²) >= 11 is 0. The summed E-state index contributed by atoms with van der Waals surface area (Å²) in [5.41, 5.74) is 8.46. The Morgan fingerprint density at radius 1 is 1.32 bits per heavy atom. The number of ether oxygens (including phenoxy) is 4. The van der Waals surface area contributed by atoms with Gasteiger partial charge in [0.25, 0.3) is 0 Å². The van der Waals surface area contributed by atoms with Crippen molar-refractivity contribution in [2.24, 2.45) is 15.9 Å². The normalized spacial score (nSPS) is 18.1. The minimum absolute atomic E-state index is 0.149. The first-order valence-corrected chi connectivity index (χ1v) is 9.65. The summed E-state index contributed by atoms with van der Waals surface area (Å²) in [7, 11) is 1.61. The predicted octanol–water partition coefficient (Wildman–Crippen LogP) is 2.96. The molecule has 0 spiro atoms. The third kappa shape index (κ3) is 5.18. The van der Waals surface area contributed by atoms with E-state index < -0.39 is 0 Å². The highest BCUT2D eigenvalue weighted by molar-refractivity contribution is 5.99. The molecule has 2 aromatic rings. The number of rotatable bonds is 7. The van der Waals surface area contributed by atoms with Gasteiger partial charge in [-0.2, -0.15) is 5.10 Å². The molecule has 2 N–H and O–H groups in total. The zero-order valence-corrected chi connectivity index (χ0v) is 17.0. The topological polar surface area (TPSA) is 101 Å². The fourth-order valence-corrected chi connectivity index (χ4v) is 3.00. The van der Waals surface area contributed by atoms with E-state index in [9.17, 15) is 0 Å². The second kappa shape index (κ2) is 9.73. The largest absolute Gasteiger partial charge is 0.497 e. The van der Waals surface area contributed by atoms with Crippen LogP contribution in [0.15, 0.2) is 88.4 Å². The third-order valence-corrected chi connectivity index (χ3v) is 4.57. The Morgan fingerprint density at radius 2 is 2.26 bits per heavy atom. The lowest BCUT2D eigenvalue weighted by molar-refractivity contribution is 0.0628. The highest BCUT2D eigenvalue weighted by atomic mass is 16.7. The highest BCUT2D eigenvalue weighted by Crippen LogP contribution is 2.23. The number of nitrogens with two attached hydrogens (primary N) is 1. The van der Waals surface area contributed by atoms with Crippen LogP contribution in [0.2, 0.25) is 0 Å². The number of aromatic nitrogens is 1. The Bertz CT molecular complexity index is 1090. The Balaban J connectivity index is 1.46. The van der Waals surface area contributed by atoms with Crippen LogP contribution in [0.4, 0.5) is 0 Å². The van der Waals surface area contributed by atoms with E-state index in [-0.39, 0.29) is 25.3 Å². The fraction of sp³-hybridized carbons (Fsp3) is 0.174. The first-order valence-electron chi connectivity index (χ1n) is 9.65. The summed E-state index contributed by atoms with van der Waals surface area (Å²) in [6, 6.07) is 11.0. The summed E-state index contributed by atoms with van der Waals surface area (Å²) in [4.78, 5) is 4.29. The Morgan fingerprint density at radius 3 is 3.16 bits per heavy atom. The van der Waals surface area contributed by atoms with Crippen LogP contribution < -0.4 is 15.2 Å². The van der Waals surface area contributed by atoms with E-state index in [2.05, 4.69) is 15.2 Å². The zero-order valence-electron chi connectivity index (χ0n) is 17.0. The van der Waals surface area contributed by atoms with Crippen molar-refractivity contribution in [2.75, 3.05) is 20.5 Å². The molecule has 1 aliphatic heterocycles. The number of benzene rings is 1. The molecule has 2 aliphatic rings. The molecular weight excluding hydrogens is 396 g/mol. The van der Waals surface area contributed by atoms with E-state index in [0.717, 1.165) is 22.6 Å². The van der Waals surface area contributed by atoms with Gasteiger partial charge >= 0.3 is 0 Å². The van der Waals surface area contributed by atoms with Gasteiger partial charge < -0.3 is 24.7 Å². The number of fused-ring (bicyclic) bond motifs is 1. The number of hydrogen-bond acceptors (Lipinski definition) is 7. The van der Waals surface area contributed by atoms with Gasteiger partial charge in [-0.3, -0.25) is 0 Å². The van der Waals surface area contributed by atoms with Crippen molar-refractivity contribution in [3.63, 3.8) is 0 Å². The number of hydrogen-bond donors (Lipinski definition) is 1. The van der Waals surface area contributed by atoms with E-state index >= 15 is 0 Å². The van der Waals surface area contributed by atoms with Crippen molar-refractivity contribution in [3.05, 3.63) is 89.4 Å². The second-order valence-corrected chi connectivity index (χ2v) is 6.67. The summed E-state index contributed by atoms with van der Waals surface area (Å²) < 4.78 is 22.1. The quantitative estimate of drug-likeness (QED) is 0.422. The van der Waals surface area contributed by atoms with Gasteiger partial charge in [0.15, 0.2) is 12.6 Å². The molecular formula is C23H22N4O4.